The predicted octanol–water partition coefficient (Wildman–Crippen LogP) is 2.90. The molecule has 2 aromatic carbocycles. The third-order valence-electron chi connectivity index (χ3n) is 8.32. The van der Waals surface area contributed by atoms with E-state index in [-0.39, 0.29) is 44.7 Å². The maximum Gasteiger partial charge on any atom is 0.338 e. The zero-order chi connectivity index (χ0) is 29.8. The molecule has 6 unspecified atom stereocenters. The van der Waals surface area contributed by atoms with E-state index in [2.05, 4.69) is 22.8 Å². The summed E-state index contributed by atoms with van der Waals surface area (Å²) in [4.78, 5) is 38.6. The number of aliphatic hydroxyl groups excluding tert-OH is 1. The minimum absolute atomic E-state index is 0.0496. The summed E-state index contributed by atoms with van der Waals surface area (Å²) in [5, 5.41) is 14.4. The van der Waals surface area contributed by atoms with Gasteiger partial charge in [0.1, 0.15) is 25.1 Å². The van der Waals surface area contributed by atoms with Crippen molar-refractivity contribution in [3.05, 3.63) is 88.5 Å². The third-order valence-corrected chi connectivity index (χ3v) is 8.32. The van der Waals surface area contributed by atoms with E-state index in [4.69, 9.17) is 24.1 Å². The second-order valence-electron chi connectivity index (χ2n) is 11.4. The van der Waals surface area contributed by atoms with Gasteiger partial charge in [0, 0.05) is 30.6 Å². The molecule has 6 rings (SSSR count). The number of benzene rings is 2. The number of epoxide rings is 1. The number of ether oxygens (including phenoxy) is 4. The molecule has 2 heterocycles. The summed E-state index contributed by atoms with van der Waals surface area (Å²) in [7, 11) is 0. The van der Waals surface area contributed by atoms with Crippen LogP contribution in [0.2, 0.25) is 0 Å². The molecule has 2 aliphatic carbocycles. The first-order valence-electron chi connectivity index (χ1n) is 14.8. The summed E-state index contributed by atoms with van der Waals surface area (Å²) in [5.41, 5.74) is 2.96. The highest BCUT2D eigenvalue weighted by Gasteiger charge is 2.43. The van der Waals surface area contributed by atoms with Crippen LogP contribution in [0.3, 0.4) is 0 Å². The number of esters is 1. The quantitative estimate of drug-likeness (QED) is 0.285. The van der Waals surface area contributed by atoms with Crippen LogP contribution in [-0.2, 0) is 30.3 Å². The Bertz CT molecular complexity index is 1420. The van der Waals surface area contributed by atoms with Crippen LogP contribution < -0.4 is 10.6 Å². The first-order valence-corrected chi connectivity index (χ1v) is 14.8. The van der Waals surface area contributed by atoms with E-state index < -0.39 is 24.3 Å². The van der Waals surface area contributed by atoms with Crippen LogP contribution in [0.4, 0.5) is 0 Å². The van der Waals surface area contributed by atoms with Gasteiger partial charge in [0.15, 0.2) is 0 Å². The predicted molar refractivity (Wildman–Crippen MR) is 156 cm³/mol. The van der Waals surface area contributed by atoms with Gasteiger partial charge >= 0.3 is 5.97 Å². The number of aliphatic hydroxyl groups is 1. The molecule has 6 atom stereocenters. The molecule has 2 aromatic rings. The van der Waals surface area contributed by atoms with Gasteiger partial charge in [-0.25, -0.2) is 4.79 Å². The normalized spacial score (nSPS) is 27.5. The van der Waals surface area contributed by atoms with Crippen molar-refractivity contribution < 1.29 is 38.4 Å². The van der Waals surface area contributed by atoms with E-state index in [9.17, 15) is 14.4 Å². The minimum atomic E-state index is -0.697. The largest absolute Gasteiger partial charge is 0.456 e. The van der Waals surface area contributed by atoms with Gasteiger partial charge in [-0.3, -0.25) is 9.59 Å². The average Bonchev–Trinajstić information content (AvgIpc) is 3.65. The molecule has 43 heavy (non-hydrogen) atoms. The van der Waals surface area contributed by atoms with Crippen molar-refractivity contribution in [2.75, 3.05) is 19.9 Å². The highest BCUT2D eigenvalue weighted by Crippen LogP contribution is 2.40. The fourth-order valence-electron chi connectivity index (χ4n) is 5.95. The lowest BCUT2D eigenvalue weighted by Gasteiger charge is -2.30. The number of nitrogens with one attached hydrogen (secondary N) is 2. The van der Waals surface area contributed by atoms with E-state index in [1.54, 1.807) is 30.3 Å². The third kappa shape index (κ3) is 7.22. The molecule has 0 aromatic heterocycles. The van der Waals surface area contributed by atoms with Crippen molar-refractivity contribution in [1.82, 2.24) is 10.6 Å². The highest BCUT2D eigenvalue weighted by atomic mass is 16.7. The molecule has 3 fully saturated rings. The highest BCUT2D eigenvalue weighted by molar-refractivity contribution is 5.95. The van der Waals surface area contributed by atoms with E-state index in [0.29, 0.717) is 34.8 Å². The van der Waals surface area contributed by atoms with Crippen LogP contribution in [0.5, 0.6) is 0 Å². The van der Waals surface area contributed by atoms with E-state index >= 15 is 0 Å². The smallest absolute Gasteiger partial charge is 0.338 e. The molecule has 0 spiro atoms. The van der Waals surface area contributed by atoms with Crippen LogP contribution in [0.25, 0.3) is 6.08 Å². The number of fused-ring (bicyclic) bond motifs is 2. The van der Waals surface area contributed by atoms with Crippen molar-refractivity contribution in [1.29, 1.82) is 0 Å². The molecule has 2 saturated heterocycles. The number of rotatable bonds is 10. The van der Waals surface area contributed by atoms with E-state index in [0.717, 1.165) is 30.4 Å². The van der Waals surface area contributed by atoms with Crippen molar-refractivity contribution in [2.24, 2.45) is 5.92 Å². The zero-order valence-electron chi connectivity index (χ0n) is 23.8. The van der Waals surface area contributed by atoms with Crippen LogP contribution in [0.1, 0.15) is 57.5 Å². The Morgan fingerprint density at radius 1 is 0.977 bits per heavy atom. The van der Waals surface area contributed by atoms with E-state index in [1.807, 2.05) is 24.3 Å². The second kappa shape index (κ2) is 13.2. The monoisotopic (exact) mass is 588 g/mol. The number of carbonyl (C=O) groups excluding carboxylic acids is 3. The maximum atomic E-state index is 13.2. The Morgan fingerprint density at radius 3 is 2.70 bits per heavy atom. The molecule has 226 valence electrons. The van der Waals surface area contributed by atoms with Gasteiger partial charge in [-0.15, -0.1) is 0 Å². The zero-order valence-corrected chi connectivity index (χ0v) is 23.8. The fraction of sp³-hybridized carbons (Fsp3) is 0.424. The molecule has 1 saturated carbocycles. The van der Waals surface area contributed by atoms with Gasteiger partial charge in [-0.2, -0.15) is 0 Å². The topological polar surface area (TPSA) is 136 Å². The van der Waals surface area contributed by atoms with Gasteiger partial charge in [-0.1, -0.05) is 36.4 Å². The lowest BCUT2D eigenvalue weighted by molar-refractivity contribution is -0.118. The van der Waals surface area contributed by atoms with Crippen molar-refractivity contribution >= 4 is 23.9 Å². The lowest BCUT2D eigenvalue weighted by atomic mass is 9.88. The first kappa shape index (κ1) is 29.3. The summed E-state index contributed by atoms with van der Waals surface area (Å²) in [5.74, 6) is -0.625. The Balaban J connectivity index is 1.06. The van der Waals surface area contributed by atoms with Gasteiger partial charge in [0.2, 0.25) is 5.91 Å². The SMILES string of the molecule is O=C(NCc1cccc(C(=O)NCCO)c1)C1=CC2OCOC2C(OC(=O)c2cccc(C=CC3CCC4OC4C3)c2)C1. The van der Waals surface area contributed by atoms with Crippen LogP contribution in [0, 0.1) is 5.92 Å². The summed E-state index contributed by atoms with van der Waals surface area (Å²) in [6, 6.07) is 14.2. The number of carbonyl (C=O) groups is 3. The van der Waals surface area contributed by atoms with Crippen LogP contribution in [-0.4, -0.2) is 73.4 Å². The Morgan fingerprint density at radius 2 is 1.84 bits per heavy atom. The van der Waals surface area contributed by atoms with Gasteiger partial charge in [-0.05, 0) is 66.6 Å². The average molecular weight is 589 g/mol. The molecule has 0 radical (unpaired) electrons. The van der Waals surface area contributed by atoms with Crippen LogP contribution in [0.15, 0.2) is 66.3 Å². The second-order valence-corrected chi connectivity index (χ2v) is 11.4. The molecule has 3 N–H and O–H groups in total. The van der Waals surface area contributed by atoms with Crippen molar-refractivity contribution in [2.45, 2.75) is 62.7 Å². The maximum absolute atomic E-state index is 13.2. The molecule has 2 amide bonds. The number of hydrogen-bond donors (Lipinski definition) is 3. The molecule has 2 aliphatic heterocycles. The Kier molecular flexibility index (Phi) is 8.99. The fourth-order valence-corrected chi connectivity index (χ4v) is 5.95. The summed E-state index contributed by atoms with van der Waals surface area (Å²) >= 11 is 0. The van der Waals surface area contributed by atoms with Crippen LogP contribution >= 0.6 is 0 Å². The molecule has 10 heteroatoms. The Hall–Kier alpha value is -3.83. The van der Waals surface area contributed by atoms with E-state index in [1.165, 1.54) is 0 Å². The van der Waals surface area contributed by atoms with Crippen molar-refractivity contribution in [3.8, 4) is 0 Å². The van der Waals surface area contributed by atoms with Gasteiger partial charge in [0.05, 0.1) is 24.4 Å². The molecule has 0 bridgehead atoms. The summed E-state index contributed by atoms with van der Waals surface area (Å²) in [6.07, 6.45) is 8.60. The molecular weight excluding hydrogens is 552 g/mol. The summed E-state index contributed by atoms with van der Waals surface area (Å²) in [6.45, 7) is 0.259. The first-order chi connectivity index (χ1) is 21.0. The van der Waals surface area contributed by atoms with Gasteiger partial charge < -0.3 is 34.7 Å². The number of amides is 2. The summed E-state index contributed by atoms with van der Waals surface area (Å²) < 4.78 is 22.9. The lowest BCUT2D eigenvalue weighted by Crippen LogP contribution is -2.43. The molecule has 10 nitrogen and oxygen atoms in total. The standard InChI is InChI=1S/C33H36N2O8/c36-12-11-34-31(37)23-5-2-4-22(14-23)18-35-32(38)25-16-28-30(41-19-40-28)29(17-25)43-33(39)24-6-1-3-20(13-24)7-8-21-9-10-26-27(15-21)42-26/h1-8,13-14,16,21,26-30,36H,9-12,15,17-19H2,(H,34,37)(H,35,38). The van der Waals surface area contributed by atoms with Gasteiger partial charge in [0.25, 0.3) is 5.91 Å². The molecular formula is C33H36N2O8. The number of hydrogen-bond acceptors (Lipinski definition) is 8. The van der Waals surface area contributed by atoms with Crippen molar-refractivity contribution in [3.63, 3.8) is 0 Å². The molecule has 4 aliphatic rings. The number of allylic oxidation sites excluding steroid dienone is 1. The minimum Gasteiger partial charge on any atom is -0.456 e. The Labute approximate surface area is 250 Å².